The van der Waals surface area contributed by atoms with Crippen molar-refractivity contribution >= 4 is 0 Å². The average molecular weight is 651 g/mol. The van der Waals surface area contributed by atoms with Crippen LogP contribution < -0.4 is 9.47 Å². The summed E-state index contributed by atoms with van der Waals surface area (Å²) in [7, 11) is 0. The highest BCUT2D eigenvalue weighted by atomic mass is 16.5. The van der Waals surface area contributed by atoms with Gasteiger partial charge in [-0.05, 0) is 121 Å². The van der Waals surface area contributed by atoms with E-state index in [9.17, 15) is 10.2 Å². The molecule has 4 rings (SSSR count). The summed E-state index contributed by atoms with van der Waals surface area (Å²) in [5.41, 5.74) is 4.84. The molecule has 0 fully saturated rings. The monoisotopic (exact) mass is 650 g/mol. The van der Waals surface area contributed by atoms with Crippen LogP contribution in [0.1, 0.15) is 88.5 Å². The van der Waals surface area contributed by atoms with Gasteiger partial charge in [-0.2, -0.15) is 0 Å². The Bertz CT molecular complexity index is 1390. The Labute approximate surface area is 290 Å². The van der Waals surface area contributed by atoms with E-state index in [0.29, 0.717) is 18.1 Å². The van der Waals surface area contributed by atoms with E-state index in [1.165, 1.54) is 41.5 Å². The van der Waals surface area contributed by atoms with Crippen LogP contribution in [0.3, 0.4) is 0 Å². The lowest BCUT2D eigenvalue weighted by Gasteiger charge is -2.10. The molecule has 0 radical (unpaired) electrons. The summed E-state index contributed by atoms with van der Waals surface area (Å²) in [4.78, 5) is 0. The van der Waals surface area contributed by atoms with E-state index in [0.717, 1.165) is 62.0 Å². The molecular weight excluding hydrogens is 592 g/mol. The van der Waals surface area contributed by atoms with Crippen LogP contribution >= 0.6 is 0 Å². The number of phenolic OH excluding ortho intramolecular Hbond substituents is 2. The largest absolute Gasteiger partial charge is 0.508 e. The first-order chi connectivity index (χ1) is 23.3. The highest BCUT2D eigenvalue weighted by Gasteiger charge is 2.02. The molecule has 0 bridgehead atoms. The maximum Gasteiger partial charge on any atom is 0.119 e. The number of hydrogen-bond donors (Lipinski definition) is 2. The lowest BCUT2D eigenvalue weighted by Crippen LogP contribution is -2.01. The number of aromatic hydroxyl groups is 2. The maximum atomic E-state index is 9.30. The number of ether oxygens (including phenoxy) is 2. The van der Waals surface area contributed by atoms with Crippen molar-refractivity contribution in [1.82, 2.24) is 0 Å². The summed E-state index contributed by atoms with van der Waals surface area (Å²) in [6, 6.07) is 31.0. The number of benzene rings is 4. The summed E-state index contributed by atoms with van der Waals surface area (Å²) in [6.07, 6.45) is 12.4. The van der Waals surface area contributed by atoms with Gasteiger partial charge in [0.05, 0.1) is 13.2 Å². The third-order valence-electron chi connectivity index (χ3n) is 8.20. The third-order valence-corrected chi connectivity index (χ3v) is 8.20. The maximum absolute atomic E-state index is 9.30. The van der Waals surface area contributed by atoms with Gasteiger partial charge in [-0.15, -0.1) is 13.2 Å². The minimum Gasteiger partial charge on any atom is -0.508 e. The highest BCUT2D eigenvalue weighted by Crippen LogP contribution is 2.19. The van der Waals surface area contributed by atoms with Gasteiger partial charge in [0.25, 0.3) is 0 Å². The molecule has 4 aromatic rings. The minimum atomic E-state index is 0.301. The quantitative estimate of drug-likeness (QED) is 0.0882. The molecule has 48 heavy (non-hydrogen) atoms. The van der Waals surface area contributed by atoms with Crippen molar-refractivity contribution in [1.29, 1.82) is 0 Å². The fourth-order valence-corrected chi connectivity index (χ4v) is 4.64. The lowest BCUT2D eigenvalue weighted by molar-refractivity contribution is 0.294. The second-order valence-electron chi connectivity index (χ2n) is 12.4. The van der Waals surface area contributed by atoms with Crippen molar-refractivity contribution in [3.63, 3.8) is 0 Å². The highest BCUT2D eigenvalue weighted by molar-refractivity contribution is 5.35. The standard InChI is InChI=1S/C20H26O2.C17H18O2.C7H14/c1-3-16(2)5-4-14-22-20-12-8-18(9-13-20)15-17-6-10-19(21)11-7-17;1-2-3-12-19-17-10-6-15(7-11-17)13-14-4-8-16(18)9-5-14;1-4-6-7(3)5-2/h6-13,16,21H,3-5,14-15H2,1-2H3;2,4-11,18H,1,3,12-13H2;4,7H,1,5-6H2,2-3H3. The summed E-state index contributed by atoms with van der Waals surface area (Å²) >= 11 is 0. The Morgan fingerprint density at radius 3 is 1.31 bits per heavy atom. The van der Waals surface area contributed by atoms with Crippen LogP contribution in [0.4, 0.5) is 0 Å². The van der Waals surface area contributed by atoms with E-state index in [-0.39, 0.29) is 0 Å². The van der Waals surface area contributed by atoms with E-state index >= 15 is 0 Å². The molecular formula is C44H58O4. The predicted octanol–water partition coefficient (Wildman–Crippen LogP) is 11.7. The van der Waals surface area contributed by atoms with Crippen LogP contribution in [0, 0.1) is 11.8 Å². The van der Waals surface area contributed by atoms with E-state index in [2.05, 4.69) is 65.1 Å². The molecule has 2 atom stereocenters. The summed E-state index contributed by atoms with van der Waals surface area (Å²) in [6.45, 7) is 17.7. The minimum absolute atomic E-state index is 0.301. The van der Waals surface area contributed by atoms with Gasteiger partial charge in [0.2, 0.25) is 0 Å². The van der Waals surface area contributed by atoms with E-state index in [1.54, 1.807) is 24.3 Å². The zero-order valence-electron chi connectivity index (χ0n) is 29.7. The van der Waals surface area contributed by atoms with Crippen molar-refractivity contribution < 1.29 is 19.7 Å². The molecule has 0 aliphatic rings. The van der Waals surface area contributed by atoms with E-state index in [1.807, 2.05) is 60.7 Å². The van der Waals surface area contributed by atoms with Crippen LogP contribution in [-0.2, 0) is 12.8 Å². The van der Waals surface area contributed by atoms with Crippen LogP contribution in [0.15, 0.2) is 122 Å². The third kappa shape index (κ3) is 17.5. The molecule has 0 aromatic heterocycles. The SMILES string of the molecule is C=CCC(C)CC.C=CCCOc1ccc(Cc2ccc(O)cc2)cc1.CCC(C)CCCOc1ccc(Cc2ccc(O)cc2)cc1. The first kappa shape index (κ1) is 39.7. The Hall–Kier alpha value is -4.44. The Morgan fingerprint density at radius 2 is 0.958 bits per heavy atom. The van der Waals surface area contributed by atoms with Crippen molar-refractivity contribution in [3.8, 4) is 23.0 Å². The Kier molecular flexibility index (Phi) is 19.7. The first-order valence-electron chi connectivity index (χ1n) is 17.5. The molecule has 0 aliphatic carbocycles. The molecule has 258 valence electrons. The summed E-state index contributed by atoms with van der Waals surface area (Å²) in [5.74, 6) is 4.06. The van der Waals surface area contributed by atoms with Crippen LogP contribution in [-0.4, -0.2) is 23.4 Å². The van der Waals surface area contributed by atoms with Gasteiger partial charge in [-0.25, -0.2) is 0 Å². The number of rotatable bonds is 17. The van der Waals surface area contributed by atoms with Crippen molar-refractivity contribution in [2.24, 2.45) is 11.8 Å². The summed E-state index contributed by atoms with van der Waals surface area (Å²) < 4.78 is 11.4. The van der Waals surface area contributed by atoms with Crippen LogP contribution in [0.2, 0.25) is 0 Å². The van der Waals surface area contributed by atoms with Crippen molar-refractivity contribution in [2.45, 2.75) is 79.1 Å². The van der Waals surface area contributed by atoms with E-state index < -0.39 is 0 Å². The van der Waals surface area contributed by atoms with E-state index in [4.69, 9.17) is 9.47 Å². The van der Waals surface area contributed by atoms with Gasteiger partial charge in [0.15, 0.2) is 0 Å². The Balaban J connectivity index is 0.000000281. The van der Waals surface area contributed by atoms with Crippen LogP contribution in [0.25, 0.3) is 0 Å². The van der Waals surface area contributed by atoms with Crippen molar-refractivity contribution in [3.05, 3.63) is 145 Å². The summed E-state index contributed by atoms with van der Waals surface area (Å²) in [5, 5.41) is 18.5. The zero-order valence-corrected chi connectivity index (χ0v) is 29.7. The molecule has 0 saturated heterocycles. The Morgan fingerprint density at radius 1 is 0.562 bits per heavy atom. The van der Waals surface area contributed by atoms with Gasteiger partial charge in [-0.3, -0.25) is 0 Å². The molecule has 4 nitrogen and oxygen atoms in total. The molecule has 0 spiro atoms. The van der Waals surface area contributed by atoms with Gasteiger partial charge in [-0.1, -0.05) is 101 Å². The van der Waals surface area contributed by atoms with Gasteiger partial charge < -0.3 is 19.7 Å². The fourth-order valence-electron chi connectivity index (χ4n) is 4.64. The number of phenols is 2. The molecule has 0 amide bonds. The normalized spacial score (nSPS) is 11.5. The predicted molar refractivity (Wildman–Crippen MR) is 203 cm³/mol. The molecule has 0 saturated carbocycles. The second-order valence-corrected chi connectivity index (χ2v) is 12.4. The number of hydrogen-bond acceptors (Lipinski definition) is 4. The molecule has 4 aromatic carbocycles. The average Bonchev–Trinajstić information content (AvgIpc) is 3.11. The second kappa shape index (κ2) is 23.8. The molecule has 0 aliphatic heterocycles. The van der Waals surface area contributed by atoms with Gasteiger partial charge in [0.1, 0.15) is 23.0 Å². The topological polar surface area (TPSA) is 58.9 Å². The first-order valence-corrected chi connectivity index (χ1v) is 17.5. The lowest BCUT2D eigenvalue weighted by atomic mass is 10.0. The molecule has 2 N–H and O–H groups in total. The molecule has 2 unspecified atom stereocenters. The smallest absolute Gasteiger partial charge is 0.119 e. The molecule has 0 heterocycles. The molecule has 4 heteroatoms. The van der Waals surface area contributed by atoms with Gasteiger partial charge >= 0.3 is 0 Å². The fraction of sp³-hybridized carbons (Fsp3) is 0.364. The zero-order chi connectivity index (χ0) is 35.0. The van der Waals surface area contributed by atoms with Crippen molar-refractivity contribution in [2.75, 3.05) is 13.2 Å². The van der Waals surface area contributed by atoms with Gasteiger partial charge in [0, 0.05) is 0 Å². The van der Waals surface area contributed by atoms with Crippen LogP contribution in [0.5, 0.6) is 23.0 Å². The number of allylic oxidation sites excluding steroid dienone is 1.